The van der Waals surface area contributed by atoms with Gasteiger partial charge in [0.05, 0.1) is 0 Å². The van der Waals surface area contributed by atoms with Gasteiger partial charge in [-0.3, -0.25) is 0 Å². The Morgan fingerprint density at radius 1 is 0.341 bits per heavy atom. The third-order valence-corrected chi connectivity index (χ3v) is 9.97. The first-order valence-electron chi connectivity index (χ1n) is 14.9. The zero-order valence-electron chi connectivity index (χ0n) is 24.4. The van der Waals surface area contributed by atoms with Crippen molar-refractivity contribution < 1.29 is 10.2 Å². The molecule has 0 bridgehead atoms. The van der Waals surface area contributed by atoms with Gasteiger partial charge in [0.25, 0.3) is 0 Å². The van der Waals surface area contributed by atoms with Crippen LogP contribution in [0.25, 0.3) is 44.5 Å². The topological polar surface area (TPSA) is 40.5 Å². The van der Waals surface area contributed by atoms with Gasteiger partial charge in [0.15, 0.2) is 0 Å². The highest BCUT2D eigenvalue weighted by Gasteiger charge is 2.15. The van der Waals surface area contributed by atoms with E-state index in [1.807, 2.05) is 133 Å². The van der Waals surface area contributed by atoms with E-state index in [4.69, 9.17) is 0 Å². The number of hydrogen-bond donors (Lipinski definition) is 2. The van der Waals surface area contributed by atoms with Gasteiger partial charge < -0.3 is 10.2 Å². The number of hydrogen-bond acceptors (Lipinski definition) is 4. The minimum atomic E-state index is 0.321. The fourth-order valence-corrected chi connectivity index (χ4v) is 7.57. The van der Waals surface area contributed by atoms with E-state index in [-0.39, 0.29) is 0 Å². The summed E-state index contributed by atoms with van der Waals surface area (Å²) in [4.78, 5) is 2.36. The first-order valence-corrected chi connectivity index (χ1v) is 16.9. The lowest BCUT2D eigenvalue weighted by Crippen LogP contribution is -1.90. The molecule has 6 rings (SSSR count). The lowest BCUT2D eigenvalue weighted by molar-refractivity contribution is 0.478. The molecule has 0 aliphatic rings. The van der Waals surface area contributed by atoms with E-state index in [2.05, 4.69) is 36.4 Å². The Kier molecular flexibility index (Phi) is 9.71. The fraction of sp³-hybridized carbons (Fsp3) is 0.100. The standard InChI is InChI=1S/C40H34O2S2/c41-39-31(29-15-3-1-4-16-29)21-13-23-35(39)33-19-7-9-25-37(33)43-27-11-12-28-44-38-26-10-8-20-34(38)36-24-14-22-32(40(36)42)30-17-5-2-6-18-30/h1-10,13-26,41-42H,11-12,27-28H2. The second-order valence-corrected chi connectivity index (χ2v) is 12.8. The number of phenolic OH excluding ortho intramolecular Hbond substituents is 2. The van der Waals surface area contributed by atoms with Gasteiger partial charge in [-0.2, -0.15) is 0 Å². The molecule has 0 atom stereocenters. The summed E-state index contributed by atoms with van der Waals surface area (Å²) < 4.78 is 0. The normalized spacial score (nSPS) is 11.0. The van der Waals surface area contributed by atoms with Gasteiger partial charge in [-0.15, -0.1) is 23.5 Å². The second-order valence-electron chi connectivity index (χ2n) is 10.5. The zero-order chi connectivity index (χ0) is 30.1. The van der Waals surface area contributed by atoms with Crippen LogP contribution in [0.3, 0.4) is 0 Å². The van der Waals surface area contributed by atoms with Crippen LogP contribution in [-0.2, 0) is 0 Å². The van der Waals surface area contributed by atoms with E-state index >= 15 is 0 Å². The molecule has 0 fully saturated rings. The molecule has 0 saturated carbocycles. The van der Waals surface area contributed by atoms with Gasteiger partial charge in [0.1, 0.15) is 11.5 Å². The van der Waals surface area contributed by atoms with Crippen molar-refractivity contribution in [3.05, 3.63) is 146 Å². The van der Waals surface area contributed by atoms with Gasteiger partial charge in [0.2, 0.25) is 0 Å². The average molecular weight is 611 g/mol. The molecule has 6 aromatic carbocycles. The molecule has 4 heteroatoms. The lowest BCUT2D eigenvalue weighted by Gasteiger charge is -2.14. The van der Waals surface area contributed by atoms with Crippen LogP contribution in [0.2, 0.25) is 0 Å². The van der Waals surface area contributed by atoms with Crippen molar-refractivity contribution in [2.75, 3.05) is 11.5 Å². The molecule has 2 N–H and O–H groups in total. The number of rotatable bonds is 11. The van der Waals surface area contributed by atoms with Gasteiger partial charge in [-0.1, -0.05) is 133 Å². The highest BCUT2D eigenvalue weighted by Crippen LogP contribution is 2.43. The highest BCUT2D eigenvalue weighted by molar-refractivity contribution is 7.99. The first-order chi connectivity index (χ1) is 21.7. The van der Waals surface area contributed by atoms with E-state index in [0.717, 1.165) is 68.9 Å². The Bertz CT molecular complexity index is 1700. The summed E-state index contributed by atoms with van der Waals surface area (Å²) >= 11 is 3.69. The maximum absolute atomic E-state index is 11.2. The summed E-state index contributed by atoms with van der Waals surface area (Å²) in [7, 11) is 0. The first kappa shape index (κ1) is 29.7. The number of aromatic hydroxyl groups is 2. The Hall–Kier alpha value is -4.38. The molecule has 0 radical (unpaired) electrons. The number of thioether (sulfide) groups is 2. The van der Waals surface area contributed by atoms with Gasteiger partial charge in [0, 0.05) is 32.0 Å². The van der Waals surface area contributed by atoms with E-state index in [1.54, 1.807) is 0 Å². The summed E-state index contributed by atoms with van der Waals surface area (Å²) in [5, 5.41) is 22.5. The summed E-state index contributed by atoms with van der Waals surface area (Å²) in [6.07, 6.45) is 2.16. The number of unbranched alkanes of at least 4 members (excludes halogenated alkanes) is 1. The molecule has 0 amide bonds. The Morgan fingerprint density at radius 2 is 0.682 bits per heavy atom. The molecule has 0 unspecified atom stereocenters. The van der Waals surface area contributed by atoms with Crippen molar-refractivity contribution in [3.63, 3.8) is 0 Å². The van der Waals surface area contributed by atoms with Crippen molar-refractivity contribution >= 4 is 23.5 Å². The Morgan fingerprint density at radius 3 is 1.11 bits per heavy atom. The Balaban J connectivity index is 1.09. The van der Waals surface area contributed by atoms with Gasteiger partial charge in [-0.25, -0.2) is 0 Å². The van der Waals surface area contributed by atoms with Crippen LogP contribution in [0.5, 0.6) is 11.5 Å². The summed E-state index contributed by atoms with van der Waals surface area (Å²) in [5.74, 6) is 2.64. The van der Waals surface area contributed by atoms with Crippen molar-refractivity contribution in [3.8, 4) is 56.0 Å². The van der Waals surface area contributed by atoms with Crippen molar-refractivity contribution in [1.29, 1.82) is 0 Å². The predicted molar refractivity (Wildman–Crippen MR) is 189 cm³/mol. The van der Waals surface area contributed by atoms with Crippen LogP contribution >= 0.6 is 23.5 Å². The molecular formula is C40H34O2S2. The molecule has 2 nitrogen and oxygen atoms in total. The van der Waals surface area contributed by atoms with Crippen molar-refractivity contribution in [1.82, 2.24) is 0 Å². The van der Waals surface area contributed by atoms with E-state index in [9.17, 15) is 10.2 Å². The lowest BCUT2D eigenvalue weighted by atomic mass is 9.97. The summed E-state index contributed by atoms with van der Waals surface area (Å²) in [6.45, 7) is 0. The molecule has 218 valence electrons. The third kappa shape index (κ3) is 6.72. The minimum absolute atomic E-state index is 0.321. The molecule has 0 aliphatic heterocycles. The molecule has 0 aliphatic carbocycles. The van der Waals surface area contributed by atoms with Crippen LogP contribution in [0, 0.1) is 0 Å². The van der Waals surface area contributed by atoms with Crippen molar-refractivity contribution in [2.45, 2.75) is 22.6 Å². The quantitative estimate of drug-likeness (QED) is 0.113. The summed E-state index contributed by atoms with van der Waals surface area (Å²) in [6, 6.07) is 48.8. The molecular weight excluding hydrogens is 577 g/mol. The Labute approximate surface area is 268 Å². The smallest absolute Gasteiger partial charge is 0.131 e. The van der Waals surface area contributed by atoms with E-state index in [0.29, 0.717) is 11.5 Å². The second kappa shape index (κ2) is 14.4. The third-order valence-electron chi connectivity index (χ3n) is 7.65. The molecule has 0 saturated heterocycles. The molecule has 0 aromatic heterocycles. The average Bonchev–Trinajstić information content (AvgIpc) is 3.08. The van der Waals surface area contributed by atoms with Gasteiger partial charge in [-0.05, 0) is 58.7 Å². The number of benzene rings is 6. The zero-order valence-corrected chi connectivity index (χ0v) is 26.0. The van der Waals surface area contributed by atoms with E-state index in [1.165, 1.54) is 9.79 Å². The van der Waals surface area contributed by atoms with E-state index < -0.39 is 0 Å². The van der Waals surface area contributed by atoms with Gasteiger partial charge >= 0.3 is 0 Å². The largest absolute Gasteiger partial charge is 0.507 e. The maximum Gasteiger partial charge on any atom is 0.131 e. The minimum Gasteiger partial charge on any atom is -0.507 e. The molecule has 6 aromatic rings. The van der Waals surface area contributed by atoms with Crippen LogP contribution in [0.4, 0.5) is 0 Å². The number of phenols is 2. The molecule has 0 heterocycles. The predicted octanol–water partition coefficient (Wildman–Crippen LogP) is 11.4. The van der Waals surface area contributed by atoms with Crippen molar-refractivity contribution in [2.24, 2.45) is 0 Å². The summed E-state index contributed by atoms with van der Waals surface area (Å²) in [5.41, 5.74) is 7.57. The SMILES string of the molecule is Oc1c(-c2ccccc2)cccc1-c1ccccc1SCCCCSc1ccccc1-c1cccc(-c2ccccc2)c1O. The fourth-order valence-electron chi connectivity index (χ4n) is 5.42. The van der Waals surface area contributed by atoms with Crippen LogP contribution in [-0.4, -0.2) is 21.7 Å². The molecule has 44 heavy (non-hydrogen) atoms. The highest BCUT2D eigenvalue weighted by atomic mass is 32.2. The maximum atomic E-state index is 11.2. The van der Waals surface area contributed by atoms with Crippen LogP contribution in [0.15, 0.2) is 155 Å². The molecule has 0 spiro atoms. The van der Waals surface area contributed by atoms with Crippen LogP contribution in [0.1, 0.15) is 12.8 Å². The number of para-hydroxylation sites is 2. The van der Waals surface area contributed by atoms with Crippen LogP contribution < -0.4 is 0 Å². The monoisotopic (exact) mass is 610 g/mol.